The number of nitrogens with two attached hydrogens (primary N) is 1. The molecule has 2 nitrogen and oxygen atoms in total. The summed E-state index contributed by atoms with van der Waals surface area (Å²) in [4.78, 5) is 0. The minimum absolute atomic E-state index is 0.575. The molecular formula is C16H19NO. The Balaban J connectivity index is 1.91. The number of benzene rings is 2. The van der Waals surface area contributed by atoms with Crippen molar-refractivity contribution in [2.45, 2.75) is 19.9 Å². The van der Waals surface area contributed by atoms with E-state index in [9.17, 15) is 0 Å². The standard InChI is InChI=1S/C16H19NO/c1-13-11-15(12-17)7-8-16(13)18-10-9-14-5-3-2-4-6-14/h2-8,11H,9-10,12,17H2,1H3. The molecular weight excluding hydrogens is 222 g/mol. The molecule has 2 rings (SSSR count). The Hall–Kier alpha value is -1.80. The van der Waals surface area contributed by atoms with E-state index in [1.54, 1.807) is 0 Å². The van der Waals surface area contributed by atoms with E-state index >= 15 is 0 Å². The zero-order valence-corrected chi connectivity index (χ0v) is 10.7. The smallest absolute Gasteiger partial charge is 0.122 e. The van der Waals surface area contributed by atoms with Gasteiger partial charge < -0.3 is 10.5 Å². The van der Waals surface area contributed by atoms with E-state index in [1.807, 2.05) is 18.2 Å². The Kier molecular flexibility index (Phi) is 4.37. The molecule has 0 aliphatic rings. The van der Waals surface area contributed by atoms with E-state index in [4.69, 9.17) is 10.5 Å². The van der Waals surface area contributed by atoms with Crippen molar-refractivity contribution in [1.29, 1.82) is 0 Å². The summed E-state index contributed by atoms with van der Waals surface area (Å²) in [7, 11) is 0. The predicted octanol–water partition coefficient (Wildman–Crippen LogP) is 3.08. The SMILES string of the molecule is Cc1cc(CN)ccc1OCCc1ccccc1. The fourth-order valence-electron chi connectivity index (χ4n) is 1.92. The molecule has 0 aliphatic heterocycles. The topological polar surface area (TPSA) is 35.2 Å². The fourth-order valence-corrected chi connectivity index (χ4v) is 1.92. The largest absolute Gasteiger partial charge is 0.493 e. The van der Waals surface area contributed by atoms with Crippen LogP contribution in [0.1, 0.15) is 16.7 Å². The number of rotatable bonds is 5. The molecule has 0 spiro atoms. The Morgan fingerprint density at radius 1 is 1.00 bits per heavy atom. The molecule has 2 heteroatoms. The third-order valence-electron chi connectivity index (χ3n) is 2.97. The zero-order valence-electron chi connectivity index (χ0n) is 10.7. The molecule has 18 heavy (non-hydrogen) atoms. The molecule has 2 aromatic carbocycles. The minimum atomic E-state index is 0.575. The van der Waals surface area contributed by atoms with Crippen LogP contribution in [0.2, 0.25) is 0 Å². The van der Waals surface area contributed by atoms with Gasteiger partial charge in [0.1, 0.15) is 5.75 Å². The lowest BCUT2D eigenvalue weighted by molar-refractivity contribution is 0.319. The highest BCUT2D eigenvalue weighted by Crippen LogP contribution is 2.19. The lowest BCUT2D eigenvalue weighted by Gasteiger charge is -2.10. The molecule has 0 aromatic heterocycles. The molecule has 0 saturated carbocycles. The maximum absolute atomic E-state index is 5.80. The molecule has 0 fully saturated rings. The van der Waals surface area contributed by atoms with Gasteiger partial charge in [-0.1, -0.05) is 42.5 Å². The molecule has 0 atom stereocenters. The van der Waals surface area contributed by atoms with E-state index in [0.717, 1.165) is 23.3 Å². The van der Waals surface area contributed by atoms with Gasteiger partial charge >= 0.3 is 0 Å². The van der Waals surface area contributed by atoms with Crippen LogP contribution in [-0.2, 0) is 13.0 Å². The molecule has 2 N–H and O–H groups in total. The minimum Gasteiger partial charge on any atom is -0.493 e. The molecule has 0 unspecified atom stereocenters. The van der Waals surface area contributed by atoms with Gasteiger partial charge in [0.05, 0.1) is 6.61 Å². The molecule has 0 amide bonds. The summed E-state index contributed by atoms with van der Waals surface area (Å²) in [5.41, 5.74) is 9.19. The van der Waals surface area contributed by atoms with Crippen LogP contribution in [0.15, 0.2) is 48.5 Å². The number of hydrogen-bond donors (Lipinski definition) is 1. The molecule has 2 aromatic rings. The summed E-state index contributed by atoms with van der Waals surface area (Å²) in [6, 6.07) is 16.5. The number of hydrogen-bond acceptors (Lipinski definition) is 2. The van der Waals surface area contributed by atoms with Crippen LogP contribution in [0, 0.1) is 6.92 Å². The van der Waals surface area contributed by atoms with Gasteiger partial charge in [-0.15, -0.1) is 0 Å². The van der Waals surface area contributed by atoms with Crippen LogP contribution in [0.3, 0.4) is 0 Å². The Morgan fingerprint density at radius 3 is 2.44 bits per heavy atom. The van der Waals surface area contributed by atoms with Gasteiger partial charge in [-0.25, -0.2) is 0 Å². The fraction of sp³-hybridized carbons (Fsp3) is 0.250. The third-order valence-corrected chi connectivity index (χ3v) is 2.97. The van der Waals surface area contributed by atoms with Crippen molar-refractivity contribution in [3.8, 4) is 5.75 Å². The Morgan fingerprint density at radius 2 is 1.78 bits per heavy atom. The Bertz CT molecular complexity index is 494. The third kappa shape index (κ3) is 3.34. The first-order valence-electron chi connectivity index (χ1n) is 6.26. The van der Waals surface area contributed by atoms with Crippen molar-refractivity contribution in [3.63, 3.8) is 0 Å². The molecule has 0 saturated heterocycles. The zero-order chi connectivity index (χ0) is 12.8. The molecule has 0 aliphatic carbocycles. The predicted molar refractivity (Wildman–Crippen MR) is 74.7 cm³/mol. The first-order valence-corrected chi connectivity index (χ1v) is 6.26. The highest BCUT2D eigenvalue weighted by atomic mass is 16.5. The van der Waals surface area contributed by atoms with E-state index in [-0.39, 0.29) is 0 Å². The Labute approximate surface area is 108 Å². The maximum atomic E-state index is 5.80. The normalized spacial score (nSPS) is 10.3. The number of aryl methyl sites for hydroxylation is 1. The second-order valence-corrected chi connectivity index (χ2v) is 4.39. The van der Waals surface area contributed by atoms with Crippen LogP contribution < -0.4 is 10.5 Å². The maximum Gasteiger partial charge on any atom is 0.122 e. The highest BCUT2D eigenvalue weighted by Gasteiger charge is 2.00. The van der Waals surface area contributed by atoms with Gasteiger partial charge in [0.25, 0.3) is 0 Å². The van der Waals surface area contributed by atoms with E-state index in [1.165, 1.54) is 5.56 Å². The van der Waals surface area contributed by atoms with Gasteiger partial charge in [-0.2, -0.15) is 0 Å². The van der Waals surface area contributed by atoms with Crippen molar-refractivity contribution in [2.24, 2.45) is 5.73 Å². The van der Waals surface area contributed by atoms with Crippen molar-refractivity contribution >= 4 is 0 Å². The van der Waals surface area contributed by atoms with Gasteiger partial charge in [-0.05, 0) is 29.7 Å². The molecule has 0 radical (unpaired) electrons. The van der Waals surface area contributed by atoms with Crippen molar-refractivity contribution in [2.75, 3.05) is 6.61 Å². The van der Waals surface area contributed by atoms with Gasteiger partial charge in [0.15, 0.2) is 0 Å². The van der Waals surface area contributed by atoms with Gasteiger partial charge in [-0.3, -0.25) is 0 Å². The van der Waals surface area contributed by atoms with Crippen molar-refractivity contribution in [3.05, 3.63) is 65.2 Å². The van der Waals surface area contributed by atoms with Crippen LogP contribution >= 0.6 is 0 Å². The number of ether oxygens (including phenoxy) is 1. The average Bonchev–Trinajstić information content (AvgIpc) is 2.42. The van der Waals surface area contributed by atoms with Crippen molar-refractivity contribution < 1.29 is 4.74 Å². The molecule has 0 bridgehead atoms. The highest BCUT2D eigenvalue weighted by molar-refractivity contribution is 5.36. The molecule has 0 heterocycles. The first kappa shape index (κ1) is 12.7. The lowest BCUT2D eigenvalue weighted by Crippen LogP contribution is -2.03. The summed E-state index contributed by atoms with van der Waals surface area (Å²) in [5, 5.41) is 0. The summed E-state index contributed by atoms with van der Waals surface area (Å²) in [6.45, 7) is 3.33. The van der Waals surface area contributed by atoms with E-state index in [2.05, 4.69) is 37.3 Å². The van der Waals surface area contributed by atoms with Crippen LogP contribution in [0.4, 0.5) is 0 Å². The lowest BCUT2D eigenvalue weighted by atomic mass is 10.1. The average molecular weight is 241 g/mol. The van der Waals surface area contributed by atoms with E-state index < -0.39 is 0 Å². The van der Waals surface area contributed by atoms with E-state index in [0.29, 0.717) is 13.2 Å². The summed E-state index contributed by atoms with van der Waals surface area (Å²) >= 11 is 0. The first-order chi connectivity index (χ1) is 8.79. The monoisotopic (exact) mass is 241 g/mol. The van der Waals surface area contributed by atoms with Crippen LogP contribution in [0.5, 0.6) is 5.75 Å². The quantitative estimate of drug-likeness (QED) is 0.873. The summed E-state index contributed by atoms with van der Waals surface area (Å²) in [5.74, 6) is 0.947. The second-order valence-electron chi connectivity index (χ2n) is 4.39. The van der Waals surface area contributed by atoms with Gasteiger partial charge in [0, 0.05) is 13.0 Å². The van der Waals surface area contributed by atoms with Gasteiger partial charge in [0.2, 0.25) is 0 Å². The van der Waals surface area contributed by atoms with Crippen LogP contribution in [0.25, 0.3) is 0 Å². The molecule has 94 valence electrons. The van der Waals surface area contributed by atoms with Crippen molar-refractivity contribution in [1.82, 2.24) is 0 Å². The summed E-state index contributed by atoms with van der Waals surface area (Å²) in [6.07, 6.45) is 0.929. The second kappa shape index (κ2) is 6.22. The summed E-state index contributed by atoms with van der Waals surface area (Å²) < 4.78 is 5.80. The van der Waals surface area contributed by atoms with Crippen LogP contribution in [-0.4, -0.2) is 6.61 Å².